The van der Waals surface area contributed by atoms with Crippen molar-refractivity contribution in [2.24, 2.45) is 5.92 Å². The number of rotatable bonds is 5. The van der Waals surface area contributed by atoms with Crippen LogP contribution in [0.4, 0.5) is 0 Å². The molecule has 21 heavy (non-hydrogen) atoms. The van der Waals surface area contributed by atoms with E-state index in [4.69, 9.17) is 0 Å². The Balaban J connectivity index is 0.00000220. The Kier molecular flexibility index (Phi) is 8.04. The van der Waals surface area contributed by atoms with Gasteiger partial charge in [-0.05, 0) is 12.8 Å². The molecule has 0 aromatic heterocycles. The maximum Gasteiger partial charge on any atom is 0.225 e. The van der Waals surface area contributed by atoms with Crippen LogP contribution in [-0.4, -0.2) is 49.4 Å². The fourth-order valence-corrected chi connectivity index (χ4v) is 3.13. The maximum atomic E-state index is 11.9. The summed E-state index contributed by atoms with van der Waals surface area (Å²) in [5.74, 6) is -0.0718. The summed E-state index contributed by atoms with van der Waals surface area (Å²) in [6.07, 6.45) is 8.24. The summed E-state index contributed by atoms with van der Waals surface area (Å²) < 4.78 is 0. The van der Waals surface area contributed by atoms with E-state index in [1.807, 2.05) is 0 Å². The van der Waals surface area contributed by atoms with Crippen LogP contribution >= 0.6 is 12.4 Å². The fraction of sp³-hybridized carbons (Fsp3) is 0.867. The molecule has 1 saturated carbocycles. The molecule has 1 aliphatic heterocycles. The van der Waals surface area contributed by atoms with Gasteiger partial charge in [-0.15, -0.1) is 12.4 Å². The Morgan fingerprint density at radius 2 is 1.86 bits per heavy atom. The number of halogens is 1. The molecule has 6 heteroatoms. The minimum absolute atomic E-state index is 0. The lowest BCUT2D eigenvalue weighted by molar-refractivity contribution is -0.128. The molecular weight excluding hydrogens is 290 g/mol. The molecule has 5 nitrogen and oxygen atoms in total. The Bertz CT molecular complexity index is 344. The minimum atomic E-state index is -0.162. The van der Waals surface area contributed by atoms with Gasteiger partial charge in [0.15, 0.2) is 0 Å². The number of likely N-dealkylation sites (tertiary alicyclic amines) is 1. The SMILES string of the molecule is CN1CC(C(=O)NCCNC2CCCCCC2)CC1=O.Cl. The number of hydrogen-bond donors (Lipinski definition) is 2. The first kappa shape index (κ1) is 18.2. The molecule has 0 aromatic rings. The highest BCUT2D eigenvalue weighted by atomic mass is 35.5. The third-order valence-electron chi connectivity index (χ3n) is 4.42. The lowest BCUT2D eigenvalue weighted by Crippen LogP contribution is -2.39. The number of nitrogens with zero attached hydrogens (tertiary/aromatic N) is 1. The molecular formula is C15H28ClN3O2. The van der Waals surface area contributed by atoms with E-state index in [1.165, 1.54) is 38.5 Å². The lowest BCUT2D eigenvalue weighted by atomic mass is 10.1. The van der Waals surface area contributed by atoms with Gasteiger partial charge in [0.1, 0.15) is 0 Å². The molecule has 2 aliphatic rings. The molecule has 2 fully saturated rings. The highest BCUT2D eigenvalue weighted by Gasteiger charge is 2.31. The molecule has 2 amide bonds. The van der Waals surface area contributed by atoms with Crippen LogP contribution in [0, 0.1) is 5.92 Å². The summed E-state index contributed by atoms with van der Waals surface area (Å²) in [7, 11) is 1.75. The van der Waals surface area contributed by atoms with Crippen LogP contribution < -0.4 is 10.6 Å². The first-order valence-electron chi connectivity index (χ1n) is 7.92. The molecule has 1 unspecified atom stereocenters. The van der Waals surface area contributed by atoms with E-state index in [0.717, 1.165) is 6.54 Å². The lowest BCUT2D eigenvalue weighted by Gasteiger charge is -2.17. The van der Waals surface area contributed by atoms with Gasteiger partial charge in [0.2, 0.25) is 11.8 Å². The van der Waals surface area contributed by atoms with E-state index >= 15 is 0 Å². The normalized spacial score (nSPS) is 23.6. The molecule has 2 N–H and O–H groups in total. The smallest absolute Gasteiger partial charge is 0.225 e. The third-order valence-corrected chi connectivity index (χ3v) is 4.42. The fourth-order valence-electron chi connectivity index (χ4n) is 3.13. The summed E-state index contributed by atoms with van der Waals surface area (Å²) in [6, 6.07) is 0.619. The Labute approximate surface area is 133 Å². The van der Waals surface area contributed by atoms with Gasteiger partial charge in [0.05, 0.1) is 5.92 Å². The zero-order chi connectivity index (χ0) is 14.4. The van der Waals surface area contributed by atoms with Crippen molar-refractivity contribution in [1.29, 1.82) is 0 Å². The highest BCUT2D eigenvalue weighted by molar-refractivity contribution is 5.89. The van der Waals surface area contributed by atoms with Crippen molar-refractivity contribution in [3.63, 3.8) is 0 Å². The van der Waals surface area contributed by atoms with Crippen molar-refractivity contribution in [2.45, 2.75) is 51.0 Å². The average Bonchev–Trinajstić information content (AvgIpc) is 2.66. The van der Waals surface area contributed by atoms with Gasteiger partial charge in [-0.1, -0.05) is 25.7 Å². The zero-order valence-electron chi connectivity index (χ0n) is 12.9. The van der Waals surface area contributed by atoms with E-state index in [9.17, 15) is 9.59 Å². The second kappa shape index (κ2) is 9.26. The van der Waals surface area contributed by atoms with Crippen molar-refractivity contribution in [2.75, 3.05) is 26.7 Å². The molecule has 1 aliphatic carbocycles. The highest BCUT2D eigenvalue weighted by Crippen LogP contribution is 2.17. The van der Waals surface area contributed by atoms with E-state index < -0.39 is 0 Å². The number of hydrogen-bond acceptors (Lipinski definition) is 3. The standard InChI is InChI=1S/C15H27N3O2.ClH/c1-18-11-12(10-14(18)19)15(20)17-9-8-16-13-6-4-2-3-5-7-13;/h12-13,16H,2-11H2,1H3,(H,17,20);1H. The van der Waals surface area contributed by atoms with E-state index in [1.54, 1.807) is 11.9 Å². The predicted molar refractivity (Wildman–Crippen MR) is 85.5 cm³/mol. The third kappa shape index (κ3) is 5.83. The number of carbonyl (C=O) groups excluding carboxylic acids is 2. The second-order valence-corrected chi connectivity index (χ2v) is 6.11. The maximum absolute atomic E-state index is 11.9. The van der Waals surface area contributed by atoms with Crippen LogP contribution in [0.25, 0.3) is 0 Å². The second-order valence-electron chi connectivity index (χ2n) is 6.11. The van der Waals surface area contributed by atoms with Gasteiger partial charge in [0.25, 0.3) is 0 Å². The summed E-state index contributed by atoms with van der Waals surface area (Å²) in [5, 5.41) is 6.47. The quantitative estimate of drug-likeness (QED) is 0.594. The monoisotopic (exact) mass is 317 g/mol. The van der Waals surface area contributed by atoms with Crippen molar-refractivity contribution in [1.82, 2.24) is 15.5 Å². The zero-order valence-corrected chi connectivity index (χ0v) is 13.7. The van der Waals surface area contributed by atoms with Crippen molar-refractivity contribution < 1.29 is 9.59 Å². The molecule has 0 radical (unpaired) electrons. The van der Waals surface area contributed by atoms with Crippen LogP contribution in [0.2, 0.25) is 0 Å². The van der Waals surface area contributed by atoms with E-state index in [0.29, 0.717) is 25.6 Å². The number of carbonyl (C=O) groups is 2. The van der Waals surface area contributed by atoms with Gasteiger partial charge < -0.3 is 15.5 Å². The van der Waals surface area contributed by atoms with Crippen molar-refractivity contribution in [3.8, 4) is 0 Å². The molecule has 1 heterocycles. The number of nitrogens with one attached hydrogen (secondary N) is 2. The van der Waals surface area contributed by atoms with Gasteiger partial charge in [0, 0.05) is 39.1 Å². The van der Waals surface area contributed by atoms with Crippen molar-refractivity contribution in [3.05, 3.63) is 0 Å². The number of amides is 2. The van der Waals surface area contributed by atoms with Gasteiger partial charge in [-0.3, -0.25) is 9.59 Å². The minimum Gasteiger partial charge on any atom is -0.355 e. The van der Waals surface area contributed by atoms with Gasteiger partial charge in [-0.2, -0.15) is 0 Å². The summed E-state index contributed by atoms with van der Waals surface area (Å²) in [5.41, 5.74) is 0. The van der Waals surface area contributed by atoms with Crippen LogP contribution in [0.15, 0.2) is 0 Å². The van der Waals surface area contributed by atoms with Crippen LogP contribution in [0.3, 0.4) is 0 Å². The van der Waals surface area contributed by atoms with E-state index in [-0.39, 0.29) is 30.1 Å². The summed E-state index contributed by atoms with van der Waals surface area (Å²) >= 11 is 0. The Morgan fingerprint density at radius 3 is 2.43 bits per heavy atom. The van der Waals surface area contributed by atoms with E-state index in [2.05, 4.69) is 10.6 Å². The van der Waals surface area contributed by atoms with Crippen LogP contribution in [-0.2, 0) is 9.59 Å². The summed E-state index contributed by atoms with van der Waals surface area (Å²) in [6.45, 7) is 2.04. The van der Waals surface area contributed by atoms with Crippen LogP contribution in [0.5, 0.6) is 0 Å². The predicted octanol–water partition coefficient (Wildman–Crippen LogP) is 1.32. The first-order chi connectivity index (χ1) is 9.66. The molecule has 0 spiro atoms. The topological polar surface area (TPSA) is 61.4 Å². The molecule has 2 rings (SSSR count). The molecule has 0 bridgehead atoms. The first-order valence-corrected chi connectivity index (χ1v) is 7.92. The van der Waals surface area contributed by atoms with Crippen LogP contribution in [0.1, 0.15) is 44.9 Å². The Morgan fingerprint density at radius 1 is 1.19 bits per heavy atom. The molecule has 122 valence electrons. The molecule has 1 atom stereocenters. The largest absolute Gasteiger partial charge is 0.355 e. The summed E-state index contributed by atoms with van der Waals surface area (Å²) in [4.78, 5) is 24.9. The van der Waals surface area contributed by atoms with Crippen molar-refractivity contribution >= 4 is 24.2 Å². The van der Waals surface area contributed by atoms with Gasteiger partial charge in [-0.25, -0.2) is 0 Å². The average molecular weight is 318 g/mol. The molecule has 1 saturated heterocycles. The molecule has 0 aromatic carbocycles. The van der Waals surface area contributed by atoms with Gasteiger partial charge >= 0.3 is 0 Å². The Hall–Kier alpha value is -0.810.